The van der Waals surface area contributed by atoms with E-state index in [9.17, 15) is 17.4 Å². The van der Waals surface area contributed by atoms with E-state index in [2.05, 4.69) is 32.7 Å². The zero-order valence-electron chi connectivity index (χ0n) is 19.2. The van der Waals surface area contributed by atoms with Crippen molar-refractivity contribution in [2.24, 2.45) is 0 Å². The van der Waals surface area contributed by atoms with Gasteiger partial charge in [-0.2, -0.15) is 13.2 Å². The van der Waals surface area contributed by atoms with E-state index >= 15 is 0 Å². The van der Waals surface area contributed by atoms with Crippen LogP contribution in [-0.2, 0) is 30.3 Å². The minimum atomic E-state index is -4.78. The van der Waals surface area contributed by atoms with E-state index in [0.717, 1.165) is 31.5 Å². The summed E-state index contributed by atoms with van der Waals surface area (Å²) < 4.78 is 56.3. The second-order valence-corrected chi connectivity index (χ2v) is 9.44. The topological polar surface area (TPSA) is 85.8 Å². The zero-order valence-corrected chi connectivity index (χ0v) is 20.0. The van der Waals surface area contributed by atoms with Crippen LogP contribution in [0.3, 0.4) is 0 Å². The number of nitrogens with zero attached hydrogens (tertiary/aromatic N) is 4. The zero-order chi connectivity index (χ0) is 25.4. The van der Waals surface area contributed by atoms with Gasteiger partial charge in [-0.05, 0) is 60.7 Å². The van der Waals surface area contributed by atoms with Gasteiger partial charge in [0, 0.05) is 29.4 Å². The average molecular weight is 516 g/mol. The third-order valence-electron chi connectivity index (χ3n) is 5.29. The quantitative estimate of drug-likeness (QED) is 0.258. The Hall–Kier alpha value is -3.73. The normalized spacial score (nSPS) is 12.8. The molecule has 0 saturated carbocycles. The van der Waals surface area contributed by atoms with Crippen LogP contribution in [-0.4, -0.2) is 29.7 Å². The lowest BCUT2D eigenvalue weighted by molar-refractivity contribution is -0.0384. The third kappa shape index (κ3) is 7.38. The van der Waals surface area contributed by atoms with Gasteiger partial charge >= 0.3 is 5.51 Å². The van der Waals surface area contributed by atoms with Crippen molar-refractivity contribution in [2.75, 3.05) is 5.32 Å². The van der Waals surface area contributed by atoms with Crippen LogP contribution in [0.25, 0.3) is 12.2 Å². The Bertz CT molecular complexity index is 1280. The number of rotatable bonds is 11. The lowest BCUT2D eigenvalue weighted by Gasteiger charge is -2.06. The maximum Gasteiger partial charge on any atom is 0.475 e. The molecule has 4 aromatic rings. The molecule has 0 bridgehead atoms. The van der Waals surface area contributed by atoms with E-state index in [4.69, 9.17) is 4.42 Å². The predicted molar refractivity (Wildman–Crippen MR) is 131 cm³/mol. The van der Waals surface area contributed by atoms with Crippen molar-refractivity contribution in [1.29, 1.82) is 0 Å². The number of hydrogen-bond donors (Lipinski definition) is 1. The first kappa shape index (κ1) is 25.4. The Morgan fingerprint density at radius 3 is 2.50 bits per heavy atom. The molecule has 0 radical (unpaired) electrons. The number of nitrogens with one attached hydrogen (secondary N) is 1. The first-order chi connectivity index (χ1) is 17.4. The highest BCUT2D eigenvalue weighted by Crippen LogP contribution is 2.26. The number of oxazole rings is 1. The summed E-state index contributed by atoms with van der Waals surface area (Å²) in [5.41, 5.74) is -1.19. The van der Waals surface area contributed by atoms with E-state index in [-0.39, 0.29) is 4.90 Å². The molecule has 0 spiro atoms. The minimum absolute atomic E-state index is 0.291. The van der Waals surface area contributed by atoms with Crippen LogP contribution in [0.5, 0.6) is 0 Å². The lowest BCUT2D eigenvalue weighted by atomic mass is 10.1. The molecule has 0 fully saturated rings. The first-order valence-corrected chi connectivity index (χ1v) is 12.4. The monoisotopic (exact) mass is 515 g/mol. The number of unbranched alkanes of at least 4 members (excludes halogenated alkanes) is 1. The number of anilines is 1. The summed E-state index contributed by atoms with van der Waals surface area (Å²) in [4.78, 5) is 4.09. The van der Waals surface area contributed by atoms with Crippen molar-refractivity contribution in [1.82, 2.24) is 20.0 Å². The van der Waals surface area contributed by atoms with Crippen LogP contribution in [0.1, 0.15) is 35.6 Å². The smallest absolute Gasteiger partial charge is 0.445 e. The number of alkyl halides is 3. The van der Waals surface area contributed by atoms with Crippen LogP contribution >= 0.6 is 0 Å². The van der Waals surface area contributed by atoms with E-state index < -0.39 is 16.3 Å². The van der Waals surface area contributed by atoms with Crippen LogP contribution in [0.2, 0.25) is 0 Å². The average Bonchev–Trinajstić information content (AvgIpc) is 3.56. The van der Waals surface area contributed by atoms with Gasteiger partial charge in [0.1, 0.15) is 6.26 Å². The second-order valence-electron chi connectivity index (χ2n) is 7.97. The van der Waals surface area contributed by atoms with Crippen LogP contribution < -0.4 is 5.32 Å². The third-order valence-corrected chi connectivity index (χ3v) is 6.42. The number of halogens is 3. The molecule has 0 aliphatic heterocycles. The largest absolute Gasteiger partial charge is 0.475 e. The Balaban J connectivity index is 1.22. The molecule has 36 heavy (non-hydrogen) atoms. The number of benzene rings is 2. The standard InChI is InChI=1S/C25H24F3N5O2S/c26-25(27,28)36(34)23-11-6-20(7-12-23)8-13-24-31-22(18-35-24)17-29-21-9-4-19(5-10-21)3-1-2-15-33-16-14-30-32-33/h4-14,16,18,29H,1-3,15,17H2/b13-8+. The summed E-state index contributed by atoms with van der Waals surface area (Å²) >= 11 is 0. The van der Waals surface area contributed by atoms with Crippen molar-refractivity contribution in [3.05, 3.63) is 89.9 Å². The van der Waals surface area contributed by atoms with E-state index in [0.29, 0.717) is 23.7 Å². The highest BCUT2D eigenvalue weighted by molar-refractivity contribution is 7.86. The highest BCUT2D eigenvalue weighted by atomic mass is 32.2. The maximum atomic E-state index is 12.5. The molecular formula is C25H24F3N5O2S. The lowest BCUT2D eigenvalue weighted by Crippen LogP contribution is -2.16. The molecule has 0 amide bonds. The molecular weight excluding hydrogens is 491 g/mol. The molecule has 11 heteroatoms. The van der Waals surface area contributed by atoms with Gasteiger partial charge in [-0.25, -0.2) is 9.19 Å². The fourth-order valence-electron chi connectivity index (χ4n) is 3.42. The number of aromatic nitrogens is 4. The fourth-order valence-corrected chi connectivity index (χ4v) is 4.07. The molecule has 4 rings (SSSR count). The van der Waals surface area contributed by atoms with Gasteiger partial charge in [-0.15, -0.1) is 5.10 Å². The SMILES string of the molecule is O=S(c1ccc(/C=C/c2nc(CNc3ccc(CCCCn4ccnn4)cc3)co2)cc1)C(F)(F)F. The summed E-state index contributed by atoms with van der Waals surface area (Å²) in [7, 11) is -3.04. The predicted octanol–water partition coefficient (Wildman–Crippen LogP) is 5.70. The summed E-state index contributed by atoms with van der Waals surface area (Å²) in [6.45, 7) is 1.34. The van der Waals surface area contributed by atoms with E-state index in [1.165, 1.54) is 29.8 Å². The van der Waals surface area contributed by atoms with Gasteiger partial charge in [0.25, 0.3) is 0 Å². The highest BCUT2D eigenvalue weighted by Gasteiger charge is 2.37. The first-order valence-electron chi connectivity index (χ1n) is 11.2. The number of hydrogen-bond acceptors (Lipinski definition) is 6. The van der Waals surface area contributed by atoms with Crippen LogP contribution in [0.15, 0.2) is 76.5 Å². The van der Waals surface area contributed by atoms with Gasteiger partial charge in [-0.1, -0.05) is 29.5 Å². The Morgan fingerprint density at radius 1 is 1.03 bits per heavy atom. The van der Waals surface area contributed by atoms with Crippen molar-refractivity contribution in [3.8, 4) is 0 Å². The molecule has 1 N–H and O–H groups in total. The molecule has 188 valence electrons. The summed E-state index contributed by atoms with van der Waals surface area (Å²) in [5.74, 6) is 0.371. The molecule has 0 saturated heterocycles. The molecule has 0 aliphatic rings. The van der Waals surface area contributed by atoms with Crippen molar-refractivity contribution in [2.45, 2.75) is 42.8 Å². The van der Waals surface area contributed by atoms with Crippen LogP contribution in [0, 0.1) is 0 Å². The van der Waals surface area contributed by atoms with Gasteiger partial charge in [0.15, 0.2) is 10.8 Å². The van der Waals surface area contributed by atoms with Gasteiger partial charge in [-0.3, -0.25) is 4.68 Å². The summed E-state index contributed by atoms with van der Waals surface area (Å²) in [6.07, 6.45) is 11.5. The van der Waals surface area contributed by atoms with Crippen LogP contribution in [0.4, 0.5) is 18.9 Å². The minimum Gasteiger partial charge on any atom is -0.445 e. The molecule has 2 heterocycles. The molecule has 1 atom stereocenters. The van der Waals surface area contributed by atoms with E-state index in [1.54, 1.807) is 24.6 Å². The molecule has 2 aromatic heterocycles. The van der Waals surface area contributed by atoms with Crippen molar-refractivity contribution in [3.63, 3.8) is 0 Å². The van der Waals surface area contributed by atoms with Gasteiger partial charge in [0.05, 0.1) is 18.4 Å². The summed E-state index contributed by atoms with van der Waals surface area (Å²) in [6, 6.07) is 13.6. The Morgan fingerprint density at radius 2 is 1.81 bits per heavy atom. The van der Waals surface area contributed by atoms with E-state index in [1.807, 2.05) is 23.0 Å². The molecule has 0 aliphatic carbocycles. The maximum absolute atomic E-state index is 12.5. The number of aryl methyl sites for hydroxylation is 2. The summed E-state index contributed by atoms with van der Waals surface area (Å²) in [5, 5.41) is 11.1. The Kier molecular flexibility index (Phi) is 8.32. The molecule has 7 nitrogen and oxygen atoms in total. The second kappa shape index (κ2) is 11.8. The fraction of sp³-hybridized carbons (Fsp3) is 0.240. The molecule has 1 unspecified atom stereocenters. The van der Waals surface area contributed by atoms with Gasteiger partial charge < -0.3 is 9.73 Å². The Labute approximate surface area is 208 Å². The van der Waals surface area contributed by atoms with Crippen molar-refractivity contribution < 1.29 is 21.8 Å². The van der Waals surface area contributed by atoms with Gasteiger partial charge in [0.2, 0.25) is 5.89 Å². The molecule has 2 aromatic carbocycles. The van der Waals surface area contributed by atoms with Crippen molar-refractivity contribution >= 4 is 28.6 Å².